The lowest BCUT2D eigenvalue weighted by molar-refractivity contribution is 0.285. The molecule has 1 aromatic carbocycles. The summed E-state index contributed by atoms with van der Waals surface area (Å²) in [6.45, 7) is 0.700. The first kappa shape index (κ1) is 14.0. The quantitative estimate of drug-likeness (QED) is 0.789. The van der Waals surface area contributed by atoms with Crippen molar-refractivity contribution in [3.05, 3.63) is 28.2 Å². The van der Waals surface area contributed by atoms with Gasteiger partial charge in [-0.15, -0.1) is 0 Å². The van der Waals surface area contributed by atoms with Gasteiger partial charge in [0.1, 0.15) is 11.8 Å². The molecule has 1 rings (SSSR count). The first-order valence-electron chi connectivity index (χ1n) is 5.30. The van der Waals surface area contributed by atoms with E-state index in [9.17, 15) is 0 Å². The molecule has 2 N–H and O–H groups in total. The van der Waals surface area contributed by atoms with Crippen LogP contribution in [0.2, 0.25) is 0 Å². The van der Waals surface area contributed by atoms with Gasteiger partial charge in [-0.05, 0) is 31.2 Å². The molecule has 92 valence electrons. The monoisotopic (exact) mass is 298 g/mol. The number of ether oxygens (including phenoxy) is 1. The number of hydrogen-bond acceptors (Lipinski definition) is 4. The molecule has 1 aromatic rings. The zero-order chi connectivity index (χ0) is 12.7. The van der Waals surface area contributed by atoms with Gasteiger partial charge in [0.15, 0.2) is 0 Å². The van der Waals surface area contributed by atoms with Crippen LogP contribution >= 0.6 is 15.9 Å². The van der Waals surface area contributed by atoms with E-state index in [1.807, 2.05) is 18.2 Å². The van der Waals surface area contributed by atoms with Crippen LogP contribution in [-0.2, 0) is 0 Å². The maximum absolute atomic E-state index is 9.14. The van der Waals surface area contributed by atoms with Crippen molar-refractivity contribution in [2.24, 2.45) is 0 Å². The lowest BCUT2D eigenvalue weighted by Crippen LogP contribution is -2.22. The van der Waals surface area contributed by atoms with Gasteiger partial charge < -0.3 is 9.84 Å². The molecule has 0 aliphatic carbocycles. The van der Waals surface area contributed by atoms with Crippen molar-refractivity contribution in [3.8, 4) is 11.8 Å². The third-order valence-electron chi connectivity index (χ3n) is 2.32. The number of nitrogens with one attached hydrogen (secondary N) is 1. The van der Waals surface area contributed by atoms with E-state index in [1.54, 1.807) is 7.11 Å². The van der Waals surface area contributed by atoms with Gasteiger partial charge in [-0.3, -0.25) is 5.32 Å². The largest absolute Gasteiger partial charge is 0.496 e. The first-order chi connectivity index (χ1) is 8.22. The molecular weight excluding hydrogens is 284 g/mol. The summed E-state index contributed by atoms with van der Waals surface area (Å²) in [7, 11) is 1.58. The molecule has 5 heteroatoms. The molecule has 0 aliphatic heterocycles. The highest BCUT2D eigenvalue weighted by molar-refractivity contribution is 9.10. The zero-order valence-corrected chi connectivity index (χ0v) is 11.2. The van der Waals surface area contributed by atoms with E-state index in [0.717, 1.165) is 10.0 Å². The van der Waals surface area contributed by atoms with Crippen LogP contribution in [0.1, 0.15) is 18.0 Å². The van der Waals surface area contributed by atoms with Gasteiger partial charge in [0.25, 0.3) is 0 Å². The highest BCUT2D eigenvalue weighted by atomic mass is 79.9. The average Bonchev–Trinajstić information content (AvgIpc) is 2.35. The fourth-order valence-corrected chi connectivity index (χ4v) is 1.86. The van der Waals surface area contributed by atoms with Gasteiger partial charge in [0, 0.05) is 16.6 Å². The second kappa shape index (κ2) is 7.28. The van der Waals surface area contributed by atoms with Crippen molar-refractivity contribution >= 4 is 15.9 Å². The normalized spacial score (nSPS) is 11.9. The highest BCUT2D eigenvalue weighted by Gasteiger charge is 2.15. The smallest absolute Gasteiger partial charge is 0.124 e. The molecule has 17 heavy (non-hydrogen) atoms. The maximum Gasteiger partial charge on any atom is 0.124 e. The number of aliphatic hydroxyl groups excluding tert-OH is 1. The Labute approximate surface area is 109 Å². The lowest BCUT2D eigenvalue weighted by atomic mass is 10.1. The third-order valence-corrected chi connectivity index (χ3v) is 2.81. The topological polar surface area (TPSA) is 65.3 Å². The van der Waals surface area contributed by atoms with Crippen LogP contribution in [0.3, 0.4) is 0 Å². The highest BCUT2D eigenvalue weighted by Crippen LogP contribution is 2.28. The van der Waals surface area contributed by atoms with Crippen LogP contribution < -0.4 is 10.1 Å². The summed E-state index contributed by atoms with van der Waals surface area (Å²) in [5, 5.41) is 20.9. The van der Waals surface area contributed by atoms with Crippen molar-refractivity contribution in [1.29, 1.82) is 5.26 Å². The summed E-state index contributed by atoms with van der Waals surface area (Å²) < 4.78 is 6.13. The number of aliphatic hydroxyl groups is 1. The van der Waals surface area contributed by atoms with E-state index < -0.39 is 6.04 Å². The van der Waals surface area contributed by atoms with Crippen LogP contribution in [-0.4, -0.2) is 25.4 Å². The molecule has 0 spiro atoms. The molecule has 0 aromatic heterocycles. The van der Waals surface area contributed by atoms with Gasteiger partial charge in [0.05, 0.1) is 13.2 Å². The Morgan fingerprint density at radius 3 is 2.94 bits per heavy atom. The summed E-state index contributed by atoms with van der Waals surface area (Å²) >= 11 is 3.37. The van der Waals surface area contributed by atoms with Crippen LogP contribution in [0.4, 0.5) is 0 Å². The van der Waals surface area contributed by atoms with Crippen LogP contribution in [0.5, 0.6) is 5.75 Å². The Balaban J connectivity index is 2.87. The number of hydrogen-bond donors (Lipinski definition) is 2. The van der Waals surface area contributed by atoms with E-state index in [2.05, 4.69) is 27.3 Å². The zero-order valence-electron chi connectivity index (χ0n) is 9.61. The standard InChI is InChI=1S/C12H15BrN2O2/c1-17-12-4-3-9(13)7-10(12)11(8-14)15-5-2-6-16/h3-4,7,11,15-16H,2,5-6H2,1H3. The Morgan fingerprint density at radius 1 is 1.59 bits per heavy atom. The predicted molar refractivity (Wildman–Crippen MR) is 68.8 cm³/mol. The molecule has 0 saturated heterocycles. The number of nitrogens with zero attached hydrogens (tertiary/aromatic N) is 1. The van der Waals surface area contributed by atoms with Crippen molar-refractivity contribution in [2.75, 3.05) is 20.3 Å². The number of methoxy groups -OCH3 is 1. The molecule has 0 amide bonds. The number of benzene rings is 1. The Bertz CT molecular complexity index is 404. The van der Waals surface area contributed by atoms with E-state index in [4.69, 9.17) is 15.1 Å². The third kappa shape index (κ3) is 4.00. The minimum atomic E-state index is -0.436. The van der Waals surface area contributed by atoms with Crippen molar-refractivity contribution < 1.29 is 9.84 Å². The summed E-state index contributed by atoms with van der Waals surface area (Å²) in [6.07, 6.45) is 0.620. The van der Waals surface area contributed by atoms with E-state index in [0.29, 0.717) is 18.7 Å². The molecule has 1 unspecified atom stereocenters. The van der Waals surface area contributed by atoms with Gasteiger partial charge in [-0.1, -0.05) is 15.9 Å². The Morgan fingerprint density at radius 2 is 2.35 bits per heavy atom. The van der Waals surface area contributed by atoms with Crippen LogP contribution in [0.25, 0.3) is 0 Å². The van der Waals surface area contributed by atoms with Gasteiger partial charge >= 0.3 is 0 Å². The number of halogens is 1. The molecular formula is C12H15BrN2O2. The summed E-state index contributed by atoms with van der Waals surface area (Å²) in [6, 6.07) is 7.29. The van der Waals surface area contributed by atoms with Gasteiger partial charge in [0.2, 0.25) is 0 Å². The molecule has 0 bridgehead atoms. The molecule has 0 radical (unpaired) electrons. The van der Waals surface area contributed by atoms with Crippen molar-refractivity contribution in [3.63, 3.8) is 0 Å². The molecule has 0 heterocycles. The Kier molecular flexibility index (Phi) is 5.98. The van der Waals surface area contributed by atoms with E-state index in [1.165, 1.54) is 0 Å². The fourth-order valence-electron chi connectivity index (χ4n) is 1.48. The molecule has 1 atom stereocenters. The minimum absolute atomic E-state index is 0.112. The predicted octanol–water partition coefficient (Wildman–Crippen LogP) is 1.99. The SMILES string of the molecule is COc1ccc(Br)cc1C(C#N)NCCCO. The Hall–Kier alpha value is -1.09. The number of nitriles is 1. The molecule has 0 saturated carbocycles. The van der Waals surface area contributed by atoms with E-state index in [-0.39, 0.29) is 6.61 Å². The molecule has 0 fully saturated rings. The second-order valence-electron chi connectivity index (χ2n) is 3.48. The fraction of sp³-hybridized carbons (Fsp3) is 0.417. The average molecular weight is 299 g/mol. The minimum Gasteiger partial charge on any atom is -0.496 e. The summed E-state index contributed by atoms with van der Waals surface area (Å²) in [5.74, 6) is 0.677. The second-order valence-corrected chi connectivity index (χ2v) is 4.40. The summed E-state index contributed by atoms with van der Waals surface area (Å²) in [4.78, 5) is 0. The lowest BCUT2D eigenvalue weighted by Gasteiger charge is -2.15. The molecule has 0 aliphatic rings. The van der Waals surface area contributed by atoms with Crippen LogP contribution in [0.15, 0.2) is 22.7 Å². The maximum atomic E-state index is 9.14. The van der Waals surface area contributed by atoms with Gasteiger partial charge in [-0.2, -0.15) is 5.26 Å². The van der Waals surface area contributed by atoms with Crippen LogP contribution in [0, 0.1) is 11.3 Å². The van der Waals surface area contributed by atoms with Crippen molar-refractivity contribution in [2.45, 2.75) is 12.5 Å². The first-order valence-corrected chi connectivity index (χ1v) is 6.09. The molecule has 4 nitrogen and oxygen atoms in total. The van der Waals surface area contributed by atoms with Crippen molar-refractivity contribution in [1.82, 2.24) is 5.32 Å². The van der Waals surface area contributed by atoms with E-state index >= 15 is 0 Å². The van der Waals surface area contributed by atoms with Gasteiger partial charge in [-0.25, -0.2) is 0 Å². The number of rotatable bonds is 6. The summed E-state index contributed by atoms with van der Waals surface area (Å²) in [5.41, 5.74) is 0.794.